The standard InChI is InChI=1S/C10H7Cl2F3O/c11-7-3-6(4-8(12)5-7)1-2-9(16)10(13,14)15/h3-5H,1-2H2. The molecule has 0 bridgehead atoms. The Labute approximate surface area is 100 Å². The maximum atomic E-state index is 11.9. The van der Waals surface area contributed by atoms with Gasteiger partial charge in [0.05, 0.1) is 0 Å². The molecule has 0 aliphatic rings. The zero-order valence-electron chi connectivity index (χ0n) is 7.94. The summed E-state index contributed by atoms with van der Waals surface area (Å²) in [4.78, 5) is 10.6. The number of carbonyl (C=O) groups excluding carboxylic acids is 1. The second-order valence-electron chi connectivity index (χ2n) is 3.20. The molecular formula is C10H7Cl2F3O. The molecule has 0 unspecified atom stereocenters. The molecule has 0 amide bonds. The first-order chi connectivity index (χ1) is 7.29. The summed E-state index contributed by atoms with van der Waals surface area (Å²) in [6.45, 7) is 0. The van der Waals surface area contributed by atoms with Gasteiger partial charge < -0.3 is 0 Å². The van der Waals surface area contributed by atoms with E-state index >= 15 is 0 Å². The van der Waals surface area contributed by atoms with Gasteiger partial charge in [-0.3, -0.25) is 4.79 Å². The number of hydrogen-bond acceptors (Lipinski definition) is 1. The molecule has 0 aromatic heterocycles. The van der Waals surface area contributed by atoms with E-state index in [1.165, 1.54) is 18.2 Å². The summed E-state index contributed by atoms with van der Waals surface area (Å²) in [6, 6.07) is 4.44. The van der Waals surface area contributed by atoms with Crippen molar-refractivity contribution in [2.75, 3.05) is 0 Å². The zero-order valence-corrected chi connectivity index (χ0v) is 9.46. The lowest BCUT2D eigenvalue weighted by atomic mass is 10.1. The number of aryl methyl sites for hydroxylation is 1. The predicted molar refractivity (Wildman–Crippen MR) is 55.8 cm³/mol. The lowest BCUT2D eigenvalue weighted by Crippen LogP contribution is -2.22. The summed E-state index contributed by atoms with van der Waals surface area (Å²) >= 11 is 11.3. The predicted octanol–water partition coefficient (Wildman–Crippen LogP) is 4.06. The summed E-state index contributed by atoms with van der Waals surface area (Å²) in [6.07, 6.45) is -5.40. The summed E-state index contributed by atoms with van der Waals surface area (Å²) in [5.41, 5.74) is 0.509. The van der Waals surface area contributed by atoms with E-state index in [4.69, 9.17) is 23.2 Å². The van der Waals surface area contributed by atoms with Gasteiger partial charge in [0.25, 0.3) is 0 Å². The zero-order chi connectivity index (χ0) is 12.3. The van der Waals surface area contributed by atoms with Gasteiger partial charge in [0.1, 0.15) is 0 Å². The second-order valence-corrected chi connectivity index (χ2v) is 4.07. The van der Waals surface area contributed by atoms with Crippen molar-refractivity contribution in [1.29, 1.82) is 0 Å². The highest BCUT2D eigenvalue weighted by Crippen LogP contribution is 2.22. The minimum Gasteiger partial charge on any atom is -0.290 e. The number of ketones is 1. The Kier molecular flexibility index (Phi) is 4.21. The van der Waals surface area contributed by atoms with Crippen molar-refractivity contribution in [3.8, 4) is 0 Å². The average Bonchev–Trinajstić information content (AvgIpc) is 2.11. The topological polar surface area (TPSA) is 17.1 Å². The van der Waals surface area contributed by atoms with Gasteiger partial charge in [0.2, 0.25) is 5.78 Å². The normalized spacial score (nSPS) is 11.6. The van der Waals surface area contributed by atoms with Gasteiger partial charge in [-0.05, 0) is 30.2 Å². The molecule has 0 radical (unpaired) electrons. The second kappa shape index (κ2) is 5.06. The summed E-state index contributed by atoms with van der Waals surface area (Å²) in [5, 5.41) is 0.670. The van der Waals surface area contributed by atoms with Crippen LogP contribution in [-0.4, -0.2) is 12.0 Å². The van der Waals surface area contributed by atoms with Crippen LogP contribution >= 0.6 is 23.2 Å². The van der Waals surface area contributed by atoms with E-state index in [1.54, 1.807) is 0 Å². The molecule has 1 rings (SSSR count). The van der Waals surface area contributed by atoms with Crippen molar-refractivity contribution in [2.45, 2.75) is 19.0 Å². The Hall–Kier alpha value is -0.740. The minimum atomic E-state index is -4.78. The molecule has 0 N–H and O–H groups in total. The average molecular weight is 271 g/mol. The van der Waals surface area contributed by atoms with Crippen LogP contribution in [0.25, 0.3) is 0 Å². The van der Waals surface area contributed by atoms with Gasteiger partial charge in [-0.15, -0.1) is 0 Å². The molecule has 0 atom stereocenters. The monoisotopic (exact) mass is 270 g/mol. The van der Waals surface area contributed by atoms with E-state index < -0.39 is 18.4 Å². The van der Waals surface area contributed by atoms with Gasteiger partial charge >= 0.3 is 6.18 Å². The smallest absolute Gasteiger partial charge is 0.290 e. The van der Waals surface area contributed by atoms with Crippen LogP contribution in [0.4, 0.5) is 13.2 Å². The molecule has 0 fully saturated rings. The maximum absolute atomic E-state index is 11.9. The highest BCUT2D eigenvalue weighted by atomic mass is 35.5. The number of carbonyl (C=O) groups is 1. The van der Waals surface area contributed by atoms with Crippen molar-refractivity contribution in [3.63, 3.8) is 0 Å². The molecule has 1 aromatic rings. The molecule has 0 spiro atoms. The number of rotatable bonds is 3. The quantitative estimate of drug-likeness (QED) is 0.810. The highest BCUT2D eigenvalue weighted by molar-refractivity contribution is 6.34. The number of alkyl halides is 3. The van der Waals surface area contributed by atoms with Crippen LogP contribution in [-0.2, 0) is 11.2 Å². The van der Waals surface area contributed by atoms with Crippen molar-refractivity contribution >= 4 is 29.0 Å². The minimum absolute atomic E-state index is 0.0291. The Bertz CT molecular complexity index is 381. The summed E-state index contributed by atoms with van der Waals surface area (Å²) in [5.74, 6) is -1.75. The summed E-state index contributed by atoms with van der Waals surface area (Å²) in [7, 11) is 0. The molecule has 88 valence electrons. The molecule has 16 heavy (non-hydrogen) atoms. The fourth-order valence-electron chi connectivity index (χ4n) is 1.15. The molecule has 0 saturated heterocycles. The van der Waals surface area contributed by atoms with Gasteiger partial charge in [-0.25, -0.2) is 0 Å². The van der Waals surface area contributed by atoms with E-state index in [-0.39, 0.29) is 6.42 Å². The van der Waals surface area contributed by atoms with Crippen LogP contribution < -0.4 is 0 Å². The van der Waals surface area contributed by atoms with E-state index in [2.05, 4.69) is 0 Å². The van der Waals surface area contributed by atoms with Gasteiger partial charge in [-0.1, -0.05) is 23.2 Å². The van der Waals surface area contributed by atoms with Crippen molar-refractivity contribution < 1.29 is 18.0 Å². The lowest BCUT2D eigenvalue weighted by Gasteiger charge is -2.05. The van der Waals surface area contributed by atoms with E-state index in [9.17, 15) is 18.0 Å². The van der Waals surface area contributed by atoms with Crippen LogP contribution in [0.3, 0.4) is 0 Å². The van der Waals surface area contributed by atoms with Crippen LogP contribution in [0.5, 0.6) is 0 Å². The van der Waals surface area contributed by atoms with Crippen LogP contribution in [0, 0.1) is 0 Å². The SMILES string of the molecule is O=C(CCc1cc(Cl)cc(Cl)c1)C(F)(F)F. The molecule has 0 aliphatic carbocycles. The summed E-state index contributed by atoms with van der Waals surface area (Å²) < 4.78 is 35.7. The van der Waals surface area contributed by atoms with Crippen molar-refractivity contribution in [2.24, 2.45) is 0 Å². The maximum Gasteiger partial charge on any atom is 0.449 e. The Balaban J connectivity index is 2.65. The van der Waals surface area contributed by atoms with Gasteiger partial charge in [0.15, 0.2) is 0 Å². The van der Waals surface area contributed by atoms with Crippen LogP contribution in [0.2, 0.25) is 10.0 Å². The fraction of sp³-hybridized carbons (Fsp3) is 0.300. The third kappa shape index (κ3) is 4.02. The highest BCUT2D eigenvalue weighted by Gasteiger charge is 2.37. The number of halogens is 5. The van der Waals surface area contributed by atoms with Gasteiger partial charge in [-0.2, -0.15) is 13.2 Å². The molecule has 0 heterocycles. The van der Waals surface area contributed by atoms with E-state index in [0.29, 0.717) is 15.6 Å². The first-order valence-corrected chi connectivity index (χ1v) is 5.09. The van der Waals surface area contributed by atoms with Crippen LogP contribution in [0.15, 0.2) is 18.2 Å². The lowest BCUT2D eigenvalue weighted by molar-refractivity contribution is -0.171. The first kappa shape index (κ1) is 13.3. The largest absolute Gasteiger partial charge is 0.449 e. The third-order valence-electron chi connectivity index (χ3n) is 1.88. The number of benzene rings is 1. The molecule has 1 nitrogen and oxygen atoms in total. The van der Waals surface area contributed by atoms with Crippen molar-refractivity contribution in [1.82, 2.24) is 0 Å². The molecule has 0 aliphatic heterocycles. The fourth-order valence-corrected chi connectivity index (χ4v) is 1.73. The Morgan fingerprint density at radius 3 is 2.06 bits per heavy atom. The van der Waals surface area contributed by atoms with Crippen molar-refractivity contribution in [3.05, 3.63) is 33.8 Å². The first-order valence-electron chi connectivity index (χ1n) is 4.34. The third-order valence-corrected chi connectivity index (χ3v) is 2.32. The van der Waals surface area contributed by atoms with E-state index in [1.807, 2.05) is 0 Å². The van der Waals surface area contributed by atoms with E-state index in [0.717, 1.165) is 0 Å². The number of hydrogen-bond donors (Lipinski definition) is 0. The van der Waals surface area contributed by atoms with Gasteiger partial charge in [0, 0.05) is 16.5 Å². The Morgan fingerprint density at radius 2 is 1.62 bits per heavy atom. The molecule has 0 saturated carbocycles. The Morgan fingerprint density at radius 1 is 1.12 bits per heavy atom. The number of Topliss-reactive ketones (excluding diaryl/α,β-unsaturated/α-hetero) is 1. The molecular weight excluding hydrogens is 264 g/mol. The van der Waals surface area contributed by atoms with Crippen LogP contribution in [0.1, 0.15) is 12.0 Å². The molecule has 1 aromatic carbocycles. The molecule has 6 heteroatoms.